The maximum atomic E-state index is 10.2. The second kappa shape index (κ2) is 22.5. The SMILES string of the molecule is CCCCCCCCCCC(CC)CC(CCCCCCCCCC)CCc1ccccc1O. The summed E-state index contributed by atoms with van der Waals surface area (Å²) in [6.07, 6.45) is 30.5. The molecule has 0 amide bonds. The van der Waals surface area contributed by atoms with Gasteiger partial charge in [-0.25, -0.2) is 0 Å². The lowest BCUT2D eigenvalue weighted by molar-refractivity contribution is 0.299. The number of phenols is 1. The van der Waals surface area contributed by atoms with E-state index < -0.39 is 0 Å². The van der Waals surface area contributed by atoms with Crippen LogP contribution in [0, 0.1) is 11.8 Å². The molecule has 0 heterocycles. The van der Waals surface area contributed by atoms with E-state index >= 15 is 0 Å². The summed E-state index contributed by atoms with van der Waals surface area (Å²) in [5.74, 6) is 2.20. The zero-order chi connectivity index (χ0) is 24.7. The molecule has 1 nitrogen and oxygen atoms in total. The van der Waals surface area contributed by atoms with E-state index in [1.54, 1.807) is 0 Å². The number of aromatic hydroxyl groups is 1. The molecule has 0 aromatic heterocycles. The molecule has 0 aliphatic heterocycles. The molecule has 2 unspecified atom stereocenters. The number of hydrogen-bond donors (Lipinski definition) is 1. The third-order valence-corrected chi connectivity index (χ3v) is 7.99. The monoisotopic (exact) mass is 472 g/mol. The van der Waals surface area contributed by atoms with Gasteiger partial charge in [0, 0.05) is 0 Å². The fraction of sp³-hybridized carbons (Fsp3) is 0.818. The number of benzene rings is 1. The molecule has 0 aliphatic carbocycles. The van der Waals surface area contributed by atoms with Crippen molar-refractivity contribution in [2.45, 2.75) is 162 Å². The molecular weight excluding hydrogens is 412 g/mol. The van der Waals surface area contributed by atoms with Gasteiger partial charge in [0.15, 0.2) is 0 Å². The maximum absolute atomic E-state index is 10.2. The lowest BCUT2D eigenvalue weighted by Crippen LogP contribution is -2.10. The second-order valence-corrected chi connectivity index (χ2v) is 11.1. The zero-order valence-electron chi connectivity index (χ0n) is 23.5. The number of aryl methyl sites for hydroxylation is 1. The van der Waals surface area contributed by atoms with Gasteiger partial charge in [-0.15, -0.1) is 0 Å². The van der Waals surface area contributed by atoms with Crippen LogP contribution in [0.2, 0.25) is 0 Å². The predicted octanol–water partition coefficient (Wildman–Crippen LogP) is 11.4. The molecule has 1 N–H and O–H groups in total. The Labute approximate surface area is 214 Å². The van der Waals surface area contributed by atoms with E-state index in [2.05, 4.69) is 32.9 Å². The van der Waals surface area contributed by atoms with E-state index in [0.29, 0.717) is 5.75 Å². The third-order valence-electron chi connectivity index (χ3n) is 7.99. The summed E-state index contributed by atoms with van der Waals surface area (Å²) in [5, 5.41) is 10.2. The van der Waals surface area contributed by atoms with Crippen LogP contribution in [0.15, 0.2) is 24.3 Å². The van der Waals surface area contributed by atoms with Crippen LogP contribution < -0.4 is 0 Å². The molecule has 0 fully saturated rings. The normalized spacial score (nSPS) is 13.3. The fourth-order valence-corrected chi connectivity index (χ4v) is 5.56. The number of rotatable bonds is 24. The summed E-state index contributed by atoms with van der Waals surface area (Å²) in [7, 11) is 0. The Morgan fingerprint density at radius 1 is 0.559 bits per heavy atom. The smallest absolute Gasteiger partial charge is 0.118 e. The van der Waals surface area contributed by atoms with Gasteiger partial charge in [0.2, 0.25) is 0 Å². The third kappa shape index (κ3) is 16.6. The molecule has 0 aliphatic rings. The second-order valence-electron chi connectivity index (χ2n) is 11.1. The average Bonchev–Trinajstić information content (AvgIpc) is 2.85. The first kappa shape index (κ1) is 31.1. The van der Waals surface area contributed by atoms with Crippen molar-refractivity contribution >= 4 is 0 Å². The van der Waals surface area contributed by atoms with Crippen LogP contribution in [0.4, 0.5) is 0 Å². The quantitative estimate of drug-likeness (QED) is 0.148. The van der Waals surface area contributed by atoms with Gasteiger partial charge in [0.1, 0.15) is 5.75 Å². The highest BCUT2D eigenvalue weighted by atomic mass is 16.3. The van der Waals surface area contributed by atoms with Crippen molar-refractivity contribution in [3.05, 3.63) is 29.8 Å². The van der Waals surface area contributed by atoms with E-state index in [1.165, 1.54) is 135 Å². The summed E-state index contributed by atoms with van der Waals surface area (Å²) in [5.41, 5.74) is 1.14. The molecule has 0 spiro atoms. The van der Waals surface area contributed by atoms with Gasteiger partial charge in [-0.05, 0) is 42.7 Å². The van der Waals surface area contributed by atoms with Gasteiger partial charge < -0.3 is 5.11 Å². The highest BCUT2D eigenvalue weighted by Gasteiger charge is 2.16. The molecule has 1 heteroatoms. The summed E-state index contributed by atoms with van der Waals surface area (Å²) >= 11 is 0. The molecule has 34 heavy (non-hydrogen) atoms. The fourth-order valence-electron chi connectivity index (χ4n) is 5.56. The number of para-hydroxylation sites is 1. The molecule has 2 atom stereocenters. The van der Waals surface area contributed by atoms with Gasteiger partial charge in [-0.3, -0.25) is 0 Å². The Morgan fingerprint density at radius 2 is 1.03 bits per heavy atom. The minimum absolute atomic E-state index is 0.485. The molecule has 1 aromatic rings. The first-order valence-corrected chi connectivity index (χ1v) is 15.5. The minimum Gasteiger partial charge on any atom is -0.508 e. The zero-order valence-corrected chi connectivity index (χ0v) is 23.5. The van der Waals surface area contributed by atoms with Crippen LogP contribution in [-0.2, 0) is 6.42 Å². The highest BCUT2D eigenvalue weighted by Crippen LogP contribution is 2.30. The summed E-state index contributed by atoms with van der Waals surface area (Å²) in [6.45, 7) is 7.01. The number of hydrogen-bond acceptors (Lipinski definition) is 1. The van der Waals surface area contributed by atoms with Gasteiger partial charge in [0.05, 0.1) is 0 Å². The highest BCUT2D eigenvalue weighted by molar-refractivity contribution is 5.31. The Balaban J connectivity index is 2.38. The Morgan fingerprint density at radius 3 is 1.53 bits per heavy atom. The largest absolute Gasteiger partial charge is 0.508 e. The summed E-state index contributed by atoms with van der Waals surface area (Å²) < 4.78 is 0. The van der Waals surface area contributed by atoms with Crippen molar-refractivity contribution in [3.8, 4) is 5.75 Å². The lowest BCUT2D eigenvalue weighted by atomic mass is 9.82. The maximum Gasteiger partial charge on any atom is 0.118 e. The van der Waals surface area contributed by atoms with E-state index in [-0.39, 0.29) is 0 Å². The Kier molecular flexibility index (Phi) is 20.5. The van der Waals surface area contributed by atoms with Crippen LogP contribution in [0.1, 0.15) is 161 Å². The van der Waals surface area contributed by atoms with Crippen LogP contribution in [-0.4, -0.2) is 5.11 Å². The van der Waals surface area contributed by atoms with Crippen molar-refractivity contribution in [2.24, 2.45) is 11.8 Å². The molecule has 198 valence electrons. The molecule has 0 bridgehead atoms. The topological polar surface area (TPSA) is 20.2 Å². The van der Waals surface area contributed by atoms with Crippen LogP contribution in [0.3, 0.4) is 0 Å². The number of unbranched alkanes of at least 4 members (excludes halogenated alkanes) is 14. The summed E-state index contributed by atoms with van der Waals surface area (Å²) in [4.78, 5) is 0. The van der Waals surface area contributed by atoms with Gasteiger partial charge in [-0.1, -0.05) is 161 Å². The molecular formula is C33H60O. The molecule has 0 saturated carbocycles. The Hall–Kier alpha value is -0.980. The van der Waals surface area contributed by atoms with E-state index in [0.717, 1.165) is 23.8 Å². The first-order valence-electron chi connectivity index (χ1n) is 15.5. The average molecular weight is 473 g/mol. The molecule has 1 aromatic carbocycles. The first-order chi connectivity index (χ1) is 16.7. The predicted molar refractivity (Wildman–Crippen MR) is 153 cm³/mol. The van der Waals surface area contributed by atoms with Crippen LogP contribution in [0.25, 0.3) is 0 Å². The summed E-state index contributed by atoms with van der Waals surface area (Å²) in [6, 6.07) is 7.97. The molecule has 0 saturated heterocycles. The Bertz CT molecular complexity index is 551. The van der Waals surface area contributed by atoms with E-state index in [9.17, 15) is 5.11 Å². The standard InChI is InChI=1S/C33H60O/c1-4-7-9-11-13-15-17-19-23-30(6-3)29-31(24-20-18-16-14-12-10-8-5-2)27-28-32-25-21-22-26-33(32)34/h21-22,25-26,30-31,34H,4-20,23-24,27-29H2,1-3H3. The van der Waals surface area contributed by atoms with Crippen molar-refractivity contribution in [1.82, 2.24) is 0 Å². The molecule has 1 rings (SSSR count). The van der Waals surface area contributed by atoms with E-state index in [4.69, 9.17) is 0 Å². The van der Waals surface area contributed by atoms with E-state index in [1.807, 2.05) is 12.1 Å². The number of phenolic OH excluding ortho intramolecular Hbond substituents is 1. The van der Waals surface area contributed by atoms with Crippen molar-refractivity contribution in [1.29, 1.82) is 0 Å². The van der Waals surface area contributed by atoms with Gasteiger partial charge in [-0.2, -0.15) is 0 Å². The van der Waals surface area contributed by atoms with Gasteiger partial charge >= 0.3 is 0 Å². The molecule has 0 radical (unpaired) electrons. The minimum atomic E-state index is 0.485. The lowest BCUT2D eigenvalue weighted by Gasteiger charge is -2.23. The van der Waals surface area contributed by atoms with Crippen molar-refractivity contribution in [3.63, 3.8) is 0 Å². The van der Waals surface area contributed by atoms with Crippen LogP contribution >= 0.6 is 0 Å². The van der Waals surface area contributed by atoms with Crippen molar-refractivity contribution < 1.29 is 5.11 Å². The van der Waals surface area contributed by atoms with Crippen LogP contribution in [0.5, 0.6) is 5.75 Å². The van der Waals surface area contributed by atoms with Crippen molar-refractivity contribution in [2.75, 3.05) is 0 Å². The van der Waals surface area contributed by atoms with Gasteiger partial charge in [0.25, 0.3) is 0 Å².